The van der Waals surface area contributed by atoms with Gasteiger partial charge in [0, 0.05) is 16.1 Å². The van der Waals surface area contributed by atoms with Crippen molar-refractivity contribution in [3.8, 4) is 5.75 Å². The molecule has 2 nitrogen and oxygen atoms in total. The molecule has 0 bridgehead atoms. The second-order valence-electron chi connectivity index (χ2n) is 3.75. The maximum absolute atomic E-state index is 13.4. The van der Waals surface area contributed by atoms with Gasteiger partial charge in [0.1, 0.15) is 18.2 Å². The minimum absolute atomic E-state index is 0.0972. The SMILES string of the molecule is OCc1c(Cl)cccc1OCc1ccccc1F. The van der Waals surface area contributed by atoms with Crippen LogP contribution in [0.2, 0.25) is 5.02 Å². The highest BCUT2D eigenvalue weighted by molar-refractivity contribution is 6.31. The highest BCUT2D eigenvalue weighted by Crippen LogP contribution is 2.27. The Labute approximate surface area is 110 Å². The van der Waals surface area contributed by atoms with Crippen molar-refractivity contribution in [1.82, 2.24) is 0 Å². The van der Waals surface area contributed by atoms with Gasteiger partial charge in [0.2, 0.25) is 0 Å². The summed E-state index contributed by atoms with van der Waals surface area (Å²) in [4.78, 5) is 0. The second-order valence-corrected chi connectivity index (χ2v) is 4.16. The third-order valence-corrected chi connectivity index (χ3v) is 2.93. The molecule has 0 radical (unpaired) electrons. The maximum atomic E-state index is 13.4. The maximum Gasteiger partial charge on any atom is 0.129 e. The van der Waals surface area contributed by atoms with Gasteiger partial charge in [0.15, 0.2) is 0 Å². The number of aliphatic hydroxyl groups is 1. The third-order valence-electron chi connectivity index (χ3n) is 2.57. The smallest absolute Gasteiger partial charge is 0.129 e. The Kier molecular flexibility index (Phi) is 4.18. The molecule has 94 valence electrons. The van der Waals surface area contributed by atoms with Gasteiger partial charge in [0.25, 0.3) is 0 Å². The van der Waals surface area contributed by atoms with Crippen LogP contribution in [0.3, 0.4) is 0 Å². The summed E-state index contributed by atoms with van der Waals surface area (Å²) >= 11 is 5.93. The molecule has 0 aliphatic carbocycles. The zero-order chi connectivity index (χ0) is 13.0. The van der Waals surface area contributed by atoms with E-state index in [0.717, 1.165) is 0 Å². The number of halogens is 2. The molecular formula is C14H12ClFO2. The van der Waals surface area contributed by atoms with Crippen LogP contribution in [0.15, 0.2) is 42.5 Å². The normalized spacial score (nSPS) is 10.4. The molecule has 0 fully saturated rings. The van der Waals surface area contributed by atoms with E-state index in [1.165, 1.54) is 6.07 Å². The van der Waals surface area contributed by atoms with E-state index >= 15 is 0 Å². The second kappa shape index (κ2) is 5.85. The van der Waals surface area contributed by atoms with Crippen molar-refractivity contribution < 1.29 is 14.2 Å². The summed E-state index contributed by atoms with van der Waals surface area (Å²) < 4.78 is 18.9. The molecule has 18 heavy (non-hydrogen) atoms. The molecule has 0 amide bonds. The summed E-state index contributed by atoms with van der Waals surface area (Å²) in [5, 5.41) is 9.65. The van der Waals surface area contributed by atoms with E-state index in [1.54, 1.807) is 36.4 Å². The van der Waals surface area contributed by atoms with Gasteiger partial charge in [-0.3, -0.25) is 0 Å². The largest absolute Gasteiger partial charge is 0.488 e. The summed E-state index contributed by atoms with van der Waals surface area (Å²) in [6.07, 6.45) is 0. The Balaban J connectivity index is 2.16. The first-order chi connectivity index (χ1) is 8.72. The third kappa shape index (κ3) is 2.81. The van der Waals surface area contributed by atoms with Crippen LogP contribution in [-0.4, -0.2) is 5.11 Å². The van der Waals surface area contributed by atoms with Crippen LogP contribution in [0.1, 0.15) is 11.1 Å². The van der Waals surface area contributed by atoms with Crippen LogP contribution in [0.5, 0.6) is 5.75 Å². The molecule has 0 spiro atoms. The van der Waals surface area contributed by atoms with E-state index in [1.807, 2.05) is 0 Å². The molecule has 0 heterocycles. The molecule has 4 heteroatoms. The quantitative estimate of drug-likeness (QED) is 0.917. The molecule has 2 aromatic rings. The van der Waals surface area contributed by atoms with Crippen LogP contribution in [0, 0.1) is 5.82 Å². The number of ether oxygens (including phenoxy) is 1. The van der Waals surface area contributed by atoms with Crippen molar-refractivity contribution in [3.05, 3.63) is 64.4 Å². The van der Waals surface area contributed by atoms with Crippen LogP contribution in [0.25, 0.3) is 0 Å². The average Bonchev–Trinajstić information content (AvgIpc) is 2.38. The van der Waals surface area contributed by atoms with Gasteiger partial charge in [-0.25, -0.2) is 4.39 Å². The van der Waals surface area contributed by atoms with Gasteiger partial charge < -0.3 is 9.84 Å². The molecule has 0 aliphatic heterocycles. The Morgan fingerprint density at radius 1 is 1.11 bits per heavy atom. The topological polar surface area (TPSA) is 29.5 Å². The summed E-state index contributed by atoms with van der Waals surface area (Å²) in [6.45, 7) is -0.119. The Bertz CT molecular complexity index is 543. The lowest BCUT2D eigenvalue weighted by atomic mass is 10.2. The lowest BCUT2D eigenvalue weighted by Crippen LogP contribution is -2.01. The number of benzene rings is 2. The fourth-order valence-corrected chi connectivity index (χ4v) is 1.82. The van der Waals surface area contributed by atoms with Gasteiger partial charge in [-0.1, -0.05) is 35.9 Å². The van der Waals surface area contributed by atoms with Crippen molar-refractivity contribution in [3.63, 3.8) is 0 Å². The molecule has 2 aromatic carbocycles. The summed E-state index contributed by atoms with van der Waals surface area (Å²) in [5.74, 6) is 0.151. The lowest BCUT2D eigenvalue weighted by Gasteiger charge is -2.11. The zero-order valence-corrected chi connectivity index (χ0v) is 10.3. The number of hydrogen-bond acceptors (Lipinski definition) is 2. The number of aliphatic hydroxyl groups excluding tert-OH is 1. The molecule has 0 atom stereocenters. The van der Waals surface area contributed by atoms with Crippen LogP contribution in [-0.2, 0) is 13.2 Å². The molecule has 0 aliphatic rings. The standard InChI is InChI=1S/C14H12ClFO2/c15-12-5-3-7-14(11(12)8-17)18-9-10-4-1-2-6-13(10)16/h1-7,17H,8-9H2. The van der Waals surface area contributed by atoms with Gasteiger partial charge >= 0.3 is 0 Å². The first-order valence-electron chi connectivity index (χ1n) is 5.47. The summed E-state index contributed by atoms with van der Waals surface area (Å²) in [6, 6.07) is 11.5. The number of rotatable bonds is 4. The summed E-state index contributed by atoms with van der Waals surface area (Å²) in [5.41, 5.74) is 0.969. The molecule has 1 N–H and O–H groups in total. The van der Waals surface area contributed by atoms with Gasteiger partial charge in [-0.05, 0) is 18.2 Å². The molecule has 0 saturated carbocycles. The minimum atomic E-state index is -0.315. The van der Waals surface area contributed by atoms with Gasteiger partial charge in [0.05, 0.1) is 6.61 Å². The van der Waals surface area contributed by atoms with Gasteiger partial charge in [-0.15, -0.1) is 0 Å². The predicted octanol–water partition coefficient (Wildman–Crippen LogP) is 3.55. The van der Waals surface area contributed by atoms with E-state index in [9.17, 15) is 9.50 Å². The summed E-state index contributed by atoms with van der Waals surface area (Å²) in [7, 11) is 0. The molecule has 0 aromatic heterocycles. The fourth-order valence-electron chi connectivity index (χ4n) is 1.60. The van der Waals surface area contributed by atoms with E-state index in [4.69, 9.17) is 16.3 Å². The van der Waals surface area contributed by atoms with Crippen LogP contribution < -0.4 is 4.74 Å². The molecular weight excluding hydrogens is 255 g/mol. The Morgan fingerprint density at radius 3 is 2.61 bits per heavy atom. The van der Waals surface area contributed by atoms with E-state index < -0.39 is 0 Å². The molecule has 2 rings (SSSR count). The predicted molar refractivity (Wildman–Crippen MR) is 68.1 cm³/mol. The highest BCUT2D eigenvalue weighted by atomic mass is 35.5. The highest BCUT2D eigenvalue weighted by Gasteiger charge is 2.08. The number of hydrogen-bond donors (Lipinski definition) is 1. The zero-order valence-electron chi connectivity index (χ0n) is 9.57. The molecule has 0 unspecified atom stereocenters. The van der Waals surface area contributed by atoms with Gasteiger partial charge in [-0.2, -0.15) is 0 Å². The monoisotopic (exact) mass is 266 g/mol. The van der Waals surface area contributed by atoms with Crippen molar-refractivity contribution in [1.29, 1.82) is 0 Å². The molecule has 0 saturated heterocycles. The Hall–Kier alpha value is -1.58. The fraction of sp³-hybridized carbons (Fsp3) is 0.143. The van der Waals surface area contributed by atoms with Crippen LogP contribution >= 0.6 is 11.6 Å². The van der Waals surface area contributed by atoms with Crippen molar-refractivity contribution >= 4 is 11.6 Å². The van der Waals surface area contributed by atoms with Crippen molar-refractivity contribution in [2.75, 3.05) is 0 Å². The van der Waals surface area contributed by atoms with E-state index in [0.29, 0.717) is 21.9 Å². The van der Waals surface area contributed by atoms with E-state index in [2.05, 4.69) is 0 Å². The lowest BCUT2D eigenvalue weighted by molar-refractivity contribution is 0.257. The minimum Gasteiger partial charge on any atom is -0.488 e. The van der Waals surface area contributed by atoms with E-state index in [-0.39, 0.29) is 19.0 Å². The van der Waals surface area contributed by atoms with Crippen molar-refractivity contribution in [2.24, 2.45) is 0 Å². The Morgan fingerprint density at radius 2 is 1.89 bits per heavy atom. The average molecular weight is 267 g/mol. The van der Waals surface area contributed by atoms with Crippen molar-refractivity contribution in [2.45, 2.75) is 13.2 Å². The van der Waals surface area contributed by atoms with Crippen LogP contribution in [0.4, 0.5) is 4.39 Å². The first kappa shape index (κ1) is 12.9. The first-order valence-corrected chi connectivity index (χ1v) is 5.84.